The average molecular weight is 560 g/mol. The van der Waals surface area contributed by atoms with Crippen LogP contribution in [0.5, 0.6) is 17.2 Å². The molecule has 0 fully saturated rings. The van der Waals surface area contributed by atoms with Gasteiger partial charge in [-0.25, -0.2) is 9.48 Å². The Morgan fingerprint density at radius 1 is 1.02 bits per heavy atom. The van der Waals surface area contributed by atoms with Gasteiger partial charge in [0.15, 0.2) is 11.5 Å². The second-order valence-electron chi connectivity index (χ2n) is 8.35. The molecule has 4 rings (SSSR count). The van der Waals surface area contributed by atoms with Gasteiger partial charge in [-0.05, 0) is 54.1 Å². The number of methoxy groups -OCH3 is 2. The number of hydrogen-bond acceptors (Lipinski definition) is 8. The molecule has 1 heterocycles. The number of ether oxygens (including phenoxy) is 3. The van der Waals surface area contributed by atoms with Crippen molar-refractivity contribution in [3.8, 4) is 35.1 Å². The van der Waals surface area contributed by atoms with Crippen LogP contribution in [0.1, 0.15) is 32.7 Å². The normalized spacial score (nSPS) is 11.3. The number of halogens is 3. The summed E-state index contributed by atoms with van der Waals surface area (Å²) >= 11 is 0. The van der Waals surface area contributed by atoms with E-state index in [0.29, 0.717) is 17.3 Å². The fraction of sp³-hybridized carbons (Fsp3) is 0.103. The summed E-state index contributed by atoms with van der Waals surface area (Å²) in [6, 6.07) is 20.2. The highest BCUT2D eigenvalue weighted by Crippen LogP contribution is 2.38. The number of hydrogen-bond donors (Lipinski definition) is 1. The van der Waals surface area contributed by atoms with E-state index in [2.05, 4.69) is 9.84 Å². The number of carbonyl (C=O) groups excluding carboxylic acids is 1. The van der Waals surface area contributed by atoms with E-state index in [9.17, 15) is 28.5 Å². The zero-order chi connectivity index (χ0) is 29.7. The molecule has 41 heavy (non-hydrogen) atoms. The second kappa shape index (κ2) is 11.6. The Morgan fingerprint density at radius 3 is 2.37 bits per heavy atom. The van der Waals surface area contributed by atoms with Crippen LogP contribution in [0.2, 0.25) is 0 Å². The summed E-state index contributed by atoms with van der Waals surface area (Å²) < 4.78 is 57.5. The standard InChI is InChI=1S/C29H20F3N5O4/c1-39-25-13-17(8-11-24(25)41-20-9-10-21(28(38)40-2)23(14-20)29(30,31)32)12-18(15-33)26-22(16-34)27(35)37(36-26)19-6-4-3-5-7-19/h3-14H,35H2,1-2H3/b18-12+. The van der Waals surface area contributed by atoms with Gasteiger partial charge in [0.2, 0.25) is 0 Å². The number of nitrogen functional groups attached to an aromatic ring is 1. The first kappa shape index (κ1) is 28.3. The number of alkyl halides is 3. The highest BCUT2D eigenvalue weighted by molar-refractivity contribution is 5.92. The Balaban J connectivity index is 1.70. The Bertz CT molecular complexity index is 1730. The molecule has 206 valence electrons. The number of nitriles is 2. The Hall–Kier alpha value is -5.75. The number of esters is 1. The molecule has 2 N–H and O–H groups in total. The minimum absolute atomic E-state index is 0.0180. The smallest absolute Gasteiger partial charge is 0.417 e. The molecule has 0 saturated heterocycles. The van der Waals surface area contributed by atoms with Crippen molar-refractivity contribution >= 4 is 23.4 Å². The lowest BCUT2D eigenvalue weighted by Crippen LogP contribution is -2.14. The molecule has 12 heteroatoms. The first-order valence-electron chi connectivity index (χ1n) is 11.7. The van der Waals surface area contributed by atoms with Gasteiger partial charge in [0, 0.05) is 0 Å². The Kier molecular flexibility index (Phi) is 7.96. The molecule has 0 spiro atoms. The first-order valence-corrected chi connectivity index (χ1v) is 11.7. The number of rotatable bonds is 7. The third kappa shape index (κ3) is 5.82. The third-order valence-electron chi connectivity index (χ3n) is 5.84. The number of para-hydroxylation sites is 1. The van der Waals surface area contributed by atoms with Crippen LogP contribution < -0.4 is 15.2 Å². The van der Waals surface area contributed by atoms with E-state index in [4.69, 9.17) is 15.2 Å². The summed E-state index contributed by atoms with van der Waals surface area (Å²) in [6.07, 6.45) is -3.38. The Labute approximate surface area is 232 Å². The lowest BCUT2D eigenvalue weighted by atomic mass is 10.1. The fourth-order valence-corrected chi connectivity index (χ4v) is 3.91. The van der Waals surface area contributed by atoms with Crippen LogP contribution in [0.4, 0.5) is 19.0 Å². The maximum Gasteiger partial charge on any atom is 0.417 e. The lowest BCUT2D eigenvalue weighted by molar-refractivity contribution is -0.138. The minimum Gasteiger partial charge on any atom is -0.493 e. The predicted octanol–water partition coefficient (Wildman–Crippen LogP) is 6.00. The molecule has 0 aliphatic heterocycles. The van der Waals surface area contributed by atoms with Crippen LogP contribution in [0.15, 0.2) is 66.7 Å². The zero-order valence-electron chi connectivity index (χ0n) is 21.6. The molecule has 0 bridgehead atoms. The van der Waals surface area contributed by atoms with Crippen LogP contribution in [-0.2, 0) is 10.9 Å². The van der Waals surface area contributed by atoms with E-state index in [1.165, 1.54) is 42.1 Å². The monoisotopic (exact) mass is 559 g/mol. The van der Waals surface area contributed by atoms with Crippen LogP contribution in [-0.4, -0.2) is 30.0 Å². The second-order valence-corrected chi connectivity index (χ2v) is 8.35. The summed E-state index contributed by atoms with van der Waals surface area (Å²) in [7, 11) is 2.31. The van der Waals surface area contributed by atoms with Crippen molar-refractivity contribution in [2.45, 2.75) is 6.18 Å². The molecule has 9 nitrogen and oxygen atoms in total. The molecular formula is C29H20F3N5O4. The van der Waals surface area contributed by atoms with Gasteiger partial charge in [0.1, 0.15) is 35.0 Å². The van der Waals surface area contributed by atoms with Crippen molar-refractivity contribution < 1.29 is 32.2 Å². The summed E-state index contributed by atoms with van der Waals surface area (Å²) in [5.41, 5.74) is 5.44. The van der Waals surface area contributed by atoms with Crippen LogP contribution in [0, 0.1) is 22.7 Å². The molecule has 0 unspecified atom stereocenters. The van der Waals surface area contributed by atoms with Crippen LogP contribution in [0.3, 0.4) is 0 Å². The largest absolute Gasteiger partial charge is 0.493 e. The highest BCUT2D eigenvalue weighted by atomic mass is 19.4. The van der Waals surface area contributed by atoms with Crippen molar-refractivity contribution in [2.75, 3.05) is 20.0 Å². The third-order valence-corrected chi connectivity index (χ3v) is 5.84. The number of benzene rings is 3. The quantitative estimate of drug-likeness (QED) is 0.215. The molecule has 0 aliphatic rings. The highest BCUT2D eigenvalue weighted by Gasteiger charge is 2.36. The van der Waals surface area contributed by atoms with Crippen molar-refractivity contribution in [3.05, 3.63) is 94.7 Å². The molecular weight excluding hydrogens is 539 g/mol. The van der Waals surface area contributed by atoms with E-state index in [1.807, 2.05) is 18.2 Å². The maximum atomic E-state index is 13.6. The molecule has 0 atom stereocenters. The molecule has 3 aromatic carbocycles. The molecule has 0 aliphatic carbocycles. The van der Waals surface area contributed by atoms with E-state index in [1.54, 1.807) is 24.3 Å². The van der Waals surface area contributed by atoms with Gasteiger partial charge in [-0.1, -0.05) is 24.3 Å². The minimum atomic E-state index is -4.84. The lowest BCUT2D eigenvalue weighted by Gasteiger charge is -2.15. The number of nitrogens with two attached hydrogens (primary N) is 1. The van der Waals surface area contributed by atoms with Gasteiger partial charge in [-0.3, -0.25) is 0 Å². The predicted molar refractivity (Wildman–Crippen MR) is 142 cm³/mol. The molecule has 0 radical (unpaired) electrons. The van der Waals surface area contributed by atoms with E-state index in [0.717, 1.165) is 13.2 Å². The molecule has 4 aromatic rings. The van der Waals surface area contributed by atoms with Crippen LogP contribution in [0.25, 0.3) is 17.3 Å². The van der Waals surface area contributed by atoms with Gasteiger partial charge >= 0.3 is 12.1 Å². The summed E-state index contributed by atoms with van der Waals surface area (Å²) in [5, 5.41) is 24.0. The summed E-state index contributed by atoms with van der Waals surface area (Å²) in [5.74, 6) is -1.08. The topological polar surface area (TPSA) is 136 Å². The first-order chi connectivity index (χ1) is 19.6. The number of nitrogens with zero attached hydrogens (tertiary/aromatic N) is 4. The summed E-state index contributed by atoms with van der Waals surface area (Å²) in [6.45, 7) is 0. The van der Waals surface area contributed by atoms with E-state index in [-0.39, 0.29) is 39.9 Å². The van der Waals surface area contributed by atoms with Crippen LogP contribution >= 0.6 is 0 Å². The summed E-state index contributed by atoms with van der Waals surface area (Å²) in [4.78, 5) is 11.8. The number of anilines is 1. The van der Waals surface area contributed by atoms with E-state index >= 15 is 0 Å². The number of carbonyl (C=O) groups is 1. The average Bonchev–Trinajstić information content (AvgIpc) is 3.31. The number of aromatic nitrogens is 2. The van der Waals surface area contributed by atoms with Gasteiger partial charge in [0.05, 0.1) is 36.6 Å². The van der Waals surface area contributed by atoms with Gasteiger partial charge < -0.3 is 19.9 Å². The van der Waals surface area contributed by atoms with Gasteiger partial charge in [0.25, 0.3) is 0 Å². The molecule has 1 aromatic heterocycles. The van der Waals surface area contributed by atoms with Crippen molar-refractivity contribution in [1.82, 2.24) is 9.78 Å². The maximum absolute atomic E-state index is 13.6. The number of allylic oxidation sites excluding steroid dienone is 1. The molecule has 0 amide bonds. The fourth-order valence-electron chi connectivity index (χ4n) is 3.91. The van der Waals surface area contributed by atoms with E-state index < -0.39 is 23.3 Å². The Morgan fingerprint density at radius 2 is 1.76 bits per heavy atom. The molecule has 0 saturated carbocycles. The zero-order valence-corrected chi connectivity index (χ0v) is 21.6. The van der Waals surface area contributed by atoms with Crippen molar-refractivity contribution in [2.24, 2.45) is 0 Å². The van der Waals surface area contributed by atoms with Gasteiger partial charge in [-0.15, -0.1) is 0 Å². The van der Waals surface area contributed by atoms with Crippen molar-refractivity contribution in [1.29, 1.82) is 10.5 Å². The van der Waals surface area contributed by atoms with Crippen molar-refractivity contribution in [3.63, 3.8) is 0 Å². The SMILES string of the molecule is COC(=O)c1ccc(Oc2ccc(/C=C(\C#N)c3nn(-c4ccccc4)c(N)c3C#N)cc2OC)cc1C(F)(F)F. The van der Waals surface area contributed by atoms with Gasteiger partial charge in [-0.2, -0.15) is 28.8 Å².